The Balaban J connectivity index is 2.04. The van der Waals surface area contributed by atoms with Gasteiger partial charge in [-0.2, -0.15) is 0 Å². The van der Waals surface area contributed by atoms with E-state index >= 15 is 0 Å². The molecular weight excluding hydrogens is 242 g/mol. The van der Waals surface area contributed by atoms with Crippen molar-refractivity contribution in [3.05, 3.63) is 46.4 Å². The van der Waals surface area contributed by atoms with Crippen LogP contribution in [0.2, 0.25) is 0 Å². The van der Waals surface area contributed by atoms with Gasteiger partial charge in [-0.25, -0.2) is 0 Å². The molecule has 2 N–H and O–H groups in total. The Labute approximate surface area is 112 Å². The van der Waals surface area contributed by atoms with Crippen LogP contribution >= 0.6 is 11.3 Å². The molecule has 2 aromatic heterocycles. The fourth-order valence-corrected chi connectivity index (χ4v) is 2.54. The van der Waals surface area contributed by atoms with E-state index in [1.165, 1.54) is 4.88 Å². The quantitative estimate of drug-likeness (QED) is 0.898. The van der Waals surface area contributed by atoms with E-state index in [0.29, 0.717) is 0 Å². The molecule has 2 rings (SSSR count). The van der Waals surface area contributed by atoms with Crippen molar-refractivity contribution in [1.29, 1.82) is 0 Å². The van der Waals surface area contributed by atoms with Crippen molar-refractivity contribution in [2.45, 2.75) is 25.9 Å². The predicted octanol–water partition coefficient (Wildman–Crippen LogP) is 3.19. The van der Waals surface area contributed by atoms with Gasteiger partial charge in [0.1, 0.15) is 0 Å². The Morgan fingerprint density at radius 2 is 2.22 bits per heavy atom. The lowest BCUT2D eigenvalue weighted by molar-refractivity contribution is 0.675. The smallest absolute Gasteiger partial charge is 0.0572 e. The molecule has 0 aliphatic rings. The molecule has 0 saturated heterocycles. The first-order chi connectivity index (χ1) is 8.70. The van der Waals surface area contributed by atoms with Crippen LogP contribution in [0.3, 0.4) is 0 Å². The molecular formula is C14H19N3S. The van der Waals surface area contributed by atoms with Gasteiger partial charge in [0.15, 0.2) is 0 Å². The molecule has 3 nitrogen and oxygen atoms in total. The number of aromatic nitrogens is 1. The maximum atomic E-state index is 5.96. The van der Waals surface area contributed by atoms with E-state index in [2.05, 4.69) is 47.4 Å². The fourth-order valence-electron chi connectivity index (χ4n) is 1.78. The Kier molecular flexibility index (Phi) is 4.33. The molecule has 0 aliphatic heterocycles. The Morgan fingerprint density at radius 1 is 1.39 bits per heavy atom. The van der Waals surface area contributed by atoms with Gasteiger partial charge in [0, 0.05) is 18.0 Å². The normalized spacial score (nSPS) is 12.4. The molecule has 1 atom stereocenters. The average Bonchev–Trinajstić information content (AvgIpc) is 2.91. The third kappa shape index (κ3) is 3.09. The van der Waals surface area contributed by atoms with Crippen LogP contribution in [-0.2, 0) is 6.54 Å². The van der Waals surface area contributed by atoms with Gasteiger partial charge in [0.25, 0.3) is 0 Å². The maximum absolute atomic E-state index is 5.96. The van der Waals surface area contributed by atoms with E-state index in [4.69, 9.17) is 5.73 Å². The van der Waals surface area contributed by atoms with Crippen LogP contribution in [0.1, 0.15) is 30.0 Å². The van der Waals surface area contributed by atoms with Gasteiger partial charge in [-0.1, -0.05) is 13.0 Å². The molecule has 96 valence electrons. The van der Waals surface area contributed by atoms with E-state index in [-0.39, 0.29) is 6.04 Å². The van der Waals surface area contributed by atoms with Gasteiger partial charge in [-0.3, -0.25) is 4.98 Å². The number of nitrogens with zero attached hydrogens (tertiary/aromatic N) is 2. The number of rotatable bonds is 5. The first kappa shape index (κ1) is 13.1. The highest BCUT2D eigenvalue weighted by molar-refractivity contribution is 7.09. The van der Waals surface area contributed by atoms with Gasteiger partial charge >= 0.3 is 0 Å². The summed E-state index contributed by atoms with van der Waals surface area (Å²) in [6.45, 7) is 2.99. The number of thiophene rings is 1. The standard InChI is InChI=1S/C14H19N3S/c1-3-13(15)14-7-6-11(9-16-14)17(2)10-12-5-4-8-18-12/h4-9,13H,3,10,15H2,1-2H3. The molecule has 0 aromatic carbocycles. The van der Waals surface area contributed by atoms with Crippen molar-refractivity contribution in [3.8, 4) is 0 Å². The highest BCUT2D eigenvalue weighted by Gasteiger charge is 2.07. The molecule has 1 unspecified atom stereocenters. The van der Waals surface area contributed by atoms with Crippen LogP contribution in [0, 0.1) is 0 Å². The third-order valence-electron chi connectivity index (χ3n) is 3.00. The van der Waals surface area contributed by atoms with E-state index in [1.54, 1.807) is 11.3 Å². The summed E-state index contributed by atoms with van der Waals surface area (Å²) in [5, 5.41) is 2.10. The second kappa shape index (κ2) is 5.98. The highest BCUT2D eigenvalue weighted by atomic mass is 32.1. The largest absolute Gasteiger partial charge is 0.368 e. The molecule has 4 heteroatoms. The molecule has 18 heavy (non-hydrogen) atoms. The molecule has 0 spiro atoms. The number of nitrogens with two attached hydrogens (primary N) is 1. The lowest BCUT2D eigenvalue weighted by Gasteiger charge is -2.18. The maximum Gasteiger partial charge on any atom is 0.0572 e. The molecule has 0 saturated carbocycles. The van der Waals surface area contributed by atoms with Crippen LogP contribution in [-0.4, -0.2) is 12.0 Å². The van der Waals surface area contributed by atoms with E-state index in [0.717, 1.165) is 24.3 Å². The summed E-state index contributed by atoms with van der Waals surface area (Å²) in [7, 11) is 2.08. The summed E-state index contributed by atoms with van der Waals surface area (Å²) in [5.74, 6) is 0. The SMILES string of the molecule is CCC(N)c1ccc(N(C)Cc2cccs2)cn1. The van der Waals surface area contributed by atoms with Crippen molar-refractivity contribution in [1.82, 2.24) is 4.98 Å². The summed E-state index contributed by atoms with van der Waals surface area (Å²) in [5.41, 5.74) is 8.04. The van der Waals surface area contributed by atoms with Gasteiger partial charge in [0.05, 0.1) is 24.1 Å². The minimum absolute atomic E-state index is 0.0432. The summed E-state index contributed by atoms with van der Waals surface area (Å²) in [6.07, 6.45) is 2.82. The van der Waals surface area contributed by atoms with E-state index in [9.17, 15) is 0 Å². The summed E-state index contributed by atoms with van der Waals surface area (Å²) in [6, 6.07) is 8.38. The first-order valence-electron chi connectivity index (χ1n) is 6.15. The Bertz CT molecular complexity index is 464. The average molecular weight is 261 g/mol. The summed E-state index contributed by atoms with van der Waals surface area (Å²) >= 11 is 1.78. The molecule has 0 bridgehead atoms. The summed E-state index contributed by atoms with van der Waals surface area (Å²) in [4.78, 5) is 7.98. The molecule has 2 aromatic rings. The van der Waals surface area contributed by atoms with Gasteiger partial charge < -0.3 is 10.6 Å². The van der Waals surface area contributed by atoms with E-state index in [1.807, 2.05) is 12.3 Å². The van der Waals surface area contributed by atoms with E-state index < -0.39 is 0 Å². The van der Waals surface area contributed by atoms with Crippen LogP contribution in [0.5, 0.6) is 0 Å². The second-order valence-electron chi connectivity index (χ2n) is 4.39. The van der Waals surface area contributed by atoms with Crippen LogP contribution < -0.4 is 10.6 Å². The second-order valence-corrected chi connectivity index (χ2v) is 5.42. The van der Waals surface area contributed by atoms with Crippen molar-refractivity contribution >= 4 is 17.0 Å². The molecule has 0 fully saturated rings. The van der Waals surface area contributed by atoms with Crippen molar-refractivity contribution < 1.29 is 0 Å². The zero-order chi connectivity index (χ0) is 13.0. The van der Waals surface area contributed by atoms with Gasteiger partial charge in [-0.15, -0.1) is 11.3 Å². The molecule has 2 heterocycles. The van der Waals surface area contributed by atoms with Crippen molar-refractivity contribution in [2.75, 3.05) is 11.9 Å². The fraction of sp³-hybridized carbons (Fsp3) is 0.357. The van der Waals surface area contributed by atoms with Gasteiger partial charge in [-0.05, 0) is 30.0 Å². The van der Waals surface area contributed by atoms with Crippen LogP contribution in [0.25, 0.3) is 0 Å². The van der Waals surface area contributed by atoms with Gasteiger partial charge in [0.2, 0.25) is 0 Å². The number of pyridine rings is 1. The van der Waals surface area contributed by atoms with Crippen LogP contribution in [0.15, 0.2) is 35.8 Å². The molecule has 0 aliphatic carbocycles. The molecule has 0 radical (unpaired) electrons. The van der Waals surface area contributed by atoms with Crippen LogP contribution in [0.4, 0.5) is 5.69 Å². The lowest BCUT2D eigenvalue weighted by Crippen LogP contribution is -2.16. The zero-order valence-electron chi connectivity index (χ0n) is 10.8. The highest BCUT2D eigenvalue weighted by Crippen LogP contribution is 2.19. The Hall–Kier alpha value is -1.39. The first-order valence-corrected chi connectivity index (χ1v) is 7.03. The van der Waals surface area contributed by atoms with Crippen molar-refractivity contribution in [3.63, 3.8) is 0 Å². The third-order valence-corrected chi connectivity index (χ3v) is 3.87. The van der Waals surface area contributed by atoms with Crippen molar-refractivity contribution in [2.24, 2.45) is 5.73 Å². The number of hydrogen-bond donors (Lipinski definition) is 1. The summed E-state index contributed by atoms with van der Waals surface area (Å²) < 4.78 is 0. The minimum Gasteiger partial charge on any atom is -0.368 e. The predicted molar refractivity (Wildman–Crippen MR) is 77.9 cm³/mol. The number of hydrogen-bond acceptors (Lipinski definition) is 4. The lowest BCUT2D eigenvalue weighted by atomic mass is 10.1. The monoisotopic (exact) mass is 261 g/mol. The Morgan fingerprint density at radius 3 is 2.78 bits per heavy atom. The molecule has 0 amide bonds. The zero-order valence-corrected chi connectivity index (χ0v) is 11.7. The number of anilines is 1. The minimum atomic E-state index is 0.0432. The topological polar surface area (TPSA) is 42.1 Å².